The zero-order valence-corrected chi connectivity index (χ0v) is 5.76. The lowest BCUT2D eigenvalue weighted by Crippen LogP contribution is -1.82. The van der Waals surface area contributed by atoms with Crippen molar-refractivity contribution in [2.24, 2.45) is 4.99 Å². The zero-order chi connectivity index (χ0) is 6.72. The molecule has 0 aromatic heterocycles. The van der Waals surface area contributed by atoms with Crippen LogP contribution >= 0.6 is 0 Å². The molecule has 1 nitrogen and oxygen atoms in total. The molecule has 2 aliphatic rings. The Kier molecular flexibility index (Phi) is 0.546. The molecule has 1 heteroatoms. The van der Waals surface area contributed by atoms with Crippen LogP contribution in [0.3, 0.4) is 0 Å². The van der Waals surface area contributed by atoms with E-state index >= 15 is 0 Å². The molecule has 0 N–H and O–H groups in total. The number of aliphatic imine (C=N–C) groups is 1. The van der Waals surface area contributed by atoms with E-state index < -0.39 is 0 Å². The van der Waals surface area contributed by atoms with E-state index in [0.717, 1.165) is 0 Å². The fraction of sp³-hybridized carbons (Fsp3) is 0.222. The van der Waals surface area contributed by atoms with Crippen molar-refractivity contribution in [1.82, 2.24) is 0 Å². The van der Waals surface area contributed by atoms with Crippen LogP contribution < -0.4 is 0 Å². The minimum atomic E-state index is 0.476. The second-order valence-corrected chi connectivity index (χ2v) is 2.98. The van der Waals surface area contributed by atoms with Gasteiger partial charge in [-0.1, -0.05) is 12.1 Å². The summed E-state index contributed by atoms with van der Waals surface area (Å²) in [5.74, 6) is 0. The van der Waals surface area contributed by atoms with Gasteiger partial charge in [-0.2, -0.15) is 0 Å². The van der Waals surface area contributed by atoms with Gasteiger partial charge in [0.15, 0.2) is 0 Å². The Bertz CT molecular complexity index is 350. The van der Waals surface area contributed by atoms with Crippen molar-refractivity contribution in [3.05, 3.63) is 34.4 Å². The predicted molar refractivity (Wildman–Crippen MR) is 40.6 cm³/mol. The summed E-state index contributed by atoms with van der Waals surface area (Å²) < 4.78 is 0. The van der Waals surface area contributed by atoms with E-state index in [9.17, 15) is 0 Å². The number of aryl methyl sites for hydroxylation is 1. The van der Waals surface area contributed by atoms with Crippen LogP contribution in [0.5, 0.6) is 0 Å². The first kappa shape index (κ1) is 4.67. The number of benzene rings is 1. The SMILES string of the molecule is Cc1ccc2c3c1C=NC23. The van der Waals surface area contributed by atoms with Gasteiger partial charge >= 0.3 is 0 Å². The predicted octanol–water partition coefficient (Wildman–Crippen LogP) is 1.83. The van der Waals surface area contributed by atoms with Crippen molar-refractivity contribution in [2.45, 2.75) is 13.0 Å². The van der Waals surface area contributed by atoms with Gasteiger partial charge in [0.25, 0.3) is 0 Å². The standard InChI is InChI=1S/C9H7N/c1-5-2-3-6-8-7(5)4-10-9(6)8/h2-4,9H,1H3. The van der Waals surface area contributed by atoms with Crippen molar-refractivity contribution < 1.29 is 0 Å². The third kappa shape index (κ3) is 0.331. The van der Waals surface area contributed by atoms with E-state index in [0.29, 0.717) is 6.04 Å². The fourth-order valence-electron chi connectivity index (χ4n) is 1.70. The minimum absolute atomic E-state index is 0.476. The number of hydrogen-bond donors (Lipinski definition) is 0. The Morgan fingerprint density at radius 3 is 3.10 bits per heavy atom. The quantitative estimate of drug-likeness (QED) is 0.506. The average molecular weight is 129 g/mol. The summed E-state index contributed by atoms with van der Waals surface area (Å²) in [5, 5.41) is 0. The fourth-order valence-corrected chi connectivity index (χ4v) is 1.70. The number of rotatable bonds is 0. The van der Waals surface area contributed by atoms with Crippen LogP contribution in [0.1, 0.15) is 28.3 Å². The first-order valence-electron chi connectivity index (χ1n) is 3.54. The molecule has 3 rings (SSSR count). The van der Waals surface area contributed by atoms with Crippen molar-refractivity contribution >= 4 is 6.21 Å². The molecule has 0 saturated carbocycles. The van der Waals surface area contributed by atoms with E-state index in [4.69, 9.17) is 0 Å². The number of hydrogen-bond acceptors (Lipinski definition) is 1. The molecule has 0 bridgehead atoms. The van der Waals surface area contributed by atoms with Crippen LogP contribution in [-0.4, -0.2) is 6.21 Å². The average Bonchev–Trinajstić information content (AvgIpc) is 2.40. The molecule has 0 saturated heterocycles. The largest absolute Gasteiger partial charge is 0.280 e. The van der Waals surface area contributed by atoms with Crippen LogP contribution in [-0.2, 0) is 0 Å². The van der Waals surface area contributed by atoms with Crippen molar-refractivity contribution in [1.29, 1.82) is 0 Å². The van der Waals surface area contributed by atoms with Gasteiger partial charge in [-0.3, -0.25) is 4.99 Å². The maximum absolute atomic E-state index is 4.34. The van der Waals surface area contributed by atoms with Gasteiger partial charge < -0.3 is 0 Å². The summed E-state index contributed by atoms with van der Waals surface area (Å²) in [6.07, 6.45) is 2.00. The molecule has 10 heavy (non-hydrogen) atoms. The molecular formula is C9H7N. The minimum Gasteiger partial charge on any atom is -0.280 e. The normalized spacial score (nSPS) is 23.1. The van der Waals surface area contributed by atoms with Crippen LogP contribution in [0, 0.1) is 6.92 Å². The molecule has 1 atom stereocenters. The van der Waals surface area contributed by atoms with E-state index in [-0.39, 0.29) is 0 Å². The summed E-state index contributed by atoms with van der Waals surface area (Å²) in [6, 6.07) is 4.85. The molecular weight excluding hydrogens is 122 g/mol. The molecule has 0 amide bonds. The van der Waals surface area contributed by atoms with E-state index in [1.165, 1.54) is 22.3 Å². The topological polar surface area (TPSA) is 12.4 Å². The Hall–Kier alpha value is -1.11. The second-order valence-electron chi connectivity index (χ2n) is 2.98. The molecule has 0 fully saturated rings. The highest BCUT2D eigenvalue weighted by Crippen LogP contribution is 2.50. The molecule has 1 heterocycles. The van der Waals surface area contributed by atoms with E-state index in [1.54, 1.807) is 0 Å². The van der Waals surface area contributed by atoms with Gasteiger partial charge in [-0.25, -0.2) is 0 Å². The van der Waals surface area contributed by atoms with Gasteiger partial charge in [0.1, 0.15) is 6.04 Å². The molecule has 1 aliphatic carbocycles. The third-order valence-corrected chi connectivity index (χ3v) is 2.38. The molecule has 1 aromatic rings. The smallest absolute Gasteiger partial charge is 0.101 e. The highest BCUT2D eigenvalue weighted by molar-refractivity contribution is 5.93. The van der Waals surface area contributed by atoms with Gasteiger partial charge in [0.2, 0.25) is 0 Å². The Balaban J connectivity index is 2.46. The van der Waals surface area contributed by atoms with Crippen LogP contribution in [0.25, 0.3) is 0 Å². The lowest BCUT2D eigenvalue weighted by molar-refractivity contribution is 1.09. The Labute approximate surface area is 59.4 Å². The summed E-state index contributed by atoms with van der Waals surface area (Å²) >= 11 is 0. The Morgan fingerprint density at radius 1 is 1.40 bits per heavy atom. The summed E-state index contributed by atoms with van der Waals surface area (Å²) in [4.78, 5) is 4.34. The van der Waals surface area contributed by atoms with Gasteiger partial charge in [0, 0.05) is 11.8 Å². The molecule has 0 spiro atoms. The van der Waals surface area contributed by atoms with E-state index in [1.807, 2.05) is 6.21 Å². The second kappa shape index (κ2) is 1.17. The zero-order valence-electron chi connectivity index (χ0n) is 5.76. The lowest BCUT2D eigenvalue weighted by Gasteiger charge is -1.93. The van der Waals surface area contributed by atoms with Crippen LogP contribution in [0.4, 0.5) is 0 Å². The first-order valence-corrected chi connectivity index (χ1v) is 3.54. The van der Waals surface area contributed by atoms with Crippen molar-refractivity contribution in [2.75, 3.05) is 0 Å². The maximum Gasteiger partial charge on any atom is 0.101 e. The highest BCUT2D eigenvalue weighted by Gasteiger charge is 2.38. The monoisotopic (exact) mass is 129 g/mol. The summed E-state index contributed by atoms with van der Waals surface area (Å²) in [5.41, 5.74) is 5.67. The van der Waals surface area contributed by atoms with Crippen molar-refractivity contribution in [3.8, 4) is 0 Å². The van der Waals surface area contributed by atoms with E-state index in [2.05, 4.69) is 24.0 Å². The lowest BCUT2D eigenvalue weighted by atomic mass is 10.1. The molecule has 1 aromatic carbocycles. The van der Waals surface area contributed by atoms with Gasteiger partial charge in [0.05, 0.1) is 0 Å². The third-order valence-electron chi connectivity index (χ3n) is 2.38. The maximum atomic E-state index is 4.34. The number of fused-ring (bicyclic) bond motifs is 1. The first-order chi connectivity index (χ1) is 4.88. The van der Waals surface area contributed by atoms with Gasteiger partial charge in [-0.15, -0.1) is 0 Å². The molecule has 0 radical (unpaired) electrons. The summed E-state index contributed by atoms with van der Waals surface area (Å²) in [7, 11) is 0. The Morgan fingerprint density at radius 2 is 2.30 bits per heavy atom. The van der Waals surface area contributed by atoms with Crippen LogP contribution in [0.2, 0.25) is 0 Å². The van der Waals surface area contributed by atoms with Crippen molar-refractivity contribution in [3.63, 3.8) is 0 Å². The highest BCUT2D eigenvalue weighted by atomic mass is 14.9. The molecule has 48 valence electrons. The number of nitrogens with zero attached hydrogens (tertiary/aromatic N) is 1. The molecule has 1 aliphatic heterocycles. The molecule has 1 unspecified atom stereocenters. The van der Waals surface area contributed by atoms with Crippen LogP contribution in [0.15, 0.2) is 17.1 Å². The summed E-state index contributed by atoms with van der Waals surface area (Å²) in [6.45, 7) is 2.14. The van der Waals surface area contributed by atoms with Gasteiger partial charge in [-0.05, 0) is 23.6 Å².